The minimum atomic E-state index is -4.96. The quantitative estimate of drug-likeness (QED) is 0.0222. The van der Waals surface area contributed by atoms with Crippen LogP contribution in [0.15, 0.2) is 0 Å². The molecule has 0 aromatic carbocycles. The van der Waals surface area contributed by atoms with Crippen molar-refractivity contribution in [3.05, 3.63) is 0 Å². The maximum absolute atomic E-state index is 13.1. The van der Waals surface area contributed by atoms with Gasteiger partial charge in [0.05, 0.1) is 26.4 Å². The van der Waals surface area contributed by atoms with Crippen molar-refractivity contribution >= 4 is 39.5 Å². The third-order valence-corrected chi connectivity index (χ3v) is 21.7. The molecule has 17 nitrogen and oxygen atoms in total. The average molecular weight is 1490 g/mol. The van der Waals surface area contributed by atoms with Crippen LogP contribution in [0.2, 0.25) is 0 Å². The van der Waals surface area contributed by atoms with Gasteiger partial charge in [0.1, 0.15) is 19.3 Å². The number of esters is 4. The number of rotatable bonds is 82. The second kappa shape index (κ2) is 74.5. The number of aliphatic hydroxyl groups excluding tert-OH is 1. The first-order valence-corrected chi connectivity index (χ1v) is 46.0. The summed E-state index contributed by atoms with van der Waals surface area (Å²) >= 11 is 0. The maximum atomic E-state index is 13.1. The molecule has 0 rings (SSSR count). The molecule has 0 amide bonds. The van der Waals surface area contributed by atoms with E-state index in [9.17, 15) is 43.2 Å². The van der Waals surface area contributed by atoms with Gasteiger partial charge < -0.3 is 33.8 Å². The van der Waals surface area contributed by atoms with Gasteiger partial charge in [-0.1, -0.05) is 388 Å². The highest BCUT2D eigenvalue weighted by molar-refractivity contribution is 7.47. The van der Waals surface area contributed by atoms with E-state index in [2.05, 4.69) is 41.5 Å². The Hall–Kier alpha value is -1.94. The van der Waals surface area contributed by atoms with E-state index in [4.69, 9.17) is 37.0 Å². The molecule has 0 saturated heterocycles. The maximum Gasteiger partial charge on any atom is 0.472 e. The molecule has 102 heavy (non-hydrogen) atoms. The third-order valence-electron chi connectivity index (χ3n) is 19.8. The van der Waals surface area contributed by atoms with Gasteiger partial charge in [0.25, 0.3) is 0 Å². The normalized spacial score (nSPS) is 14.1. The molecule has 19 heteroatoms. The summed E-state index contributed by atoms with van der Waals surface area (Å²) < 4.78 is 68.8. The van der Waals surface area contributed by atoms with E-state index < -0.39 is 97.5 Å². The smallest absolute Gasteiger partial charge is 0.462 e. The van der Waals surface area contributed by atoms with Gasteiger partial charge >= 0.3 is 39.5 Å². The van der Waals surface area contributed by atoms with Gasteiger partial charge in [-0.25, -0.2) is 9.13 Å². The lowest BCUT2D eigenvalue weighted by atomic mass is 10.00. The zero-order valence-corrected chi connectivity index (χ0v) is 68.7. The van der Waals surface area contributed by atoms with Crippen molar-refractivity contribution in [1.82, 2.24) is 0 Å². The molecule has 0 fully saturated rings. The van der Waals surface area contributed by atoms with Crippen LogP contribution in [0, 0.1) is 11.8 Å². The predicted molar refractivity (Wildman–Crippen MR) is 418 cm³/mol. The second-order valence-electron chi connectivity index (χ2n) is 30.6. The number of phosphoric acid groups is 2. The Kier molecular flexibility index (Phi) is 73.1. The van der Waals surface area contributed by atoms with Crippen LogP contribution in [0.4, 0.5) is 0 Å². The fourth-order valence-electron chi connectivity index (χ4n) is 12.9. The van der Waals surface area contributed by atoms with Crippen molar-refractivity contribution in [2.75, 3.05) is 39.6 Å². The minimum absolute atomic E-state index is 0.107. The number of ether oxygens (including phenoxy) is 4. The zero-order valence-electron chi connectivity index (χ0n) is 66.9. The van der Waals surface area contributed by atoms with Gasteiger partial charge in [0.15, 0.2) is 12.2 Å². The van der Waals surface area contributed by atoms with Gasteiger partial charge in [-0.05, 0) is 37.5 Å². The molecule has 0 heterocycles. The molecule has 606 valence electrons. The molecule has 0 saturated carbocycles. The van der Waals surface area contributed by atoms with Crippen LogP contribution in [0.5, 0.6) is 0 Å². The lowest BCUT2D eigenvalue weighted by molar-refractivity contribution is -0.161. The molecule has 0 aliphatic rings. The highest BCUT2D eigenvalue weighted by atomic mass is 31.2. The number of hydrogen-bond acceptors (Lipinski definition) is 15. The summed E-state index contributed by atoms with van der Waals surface area (Å²) in [6.45, 7) is 9.64. The molecule has 0 aliphatic heterocycles. The number of aliphatic hydroxyl groups is 1. The van der Waals surface area contributed by atoms with Crippen molar-refractivity contribution in [2.24, 2.45) is 11.8 Å². The first-order valence-electron chi connectivity index (χ1n) is 43.0. The van der Waals surface area contributed by atoms with Crippen LogP contribution in [0.25, 0.3) is 0 Å². The van der Waals surface area contributed by atoms with E-state index in [1.807, 2.05) is 0 Å². The minimum Gasteiger partial charge on any atom is -0.462 e. The lowest BCUT2D eigenvalue weighted by Gasteiger charge is -2.21. The molecule has 0 aliphatic carbocycles. The van der Waals surface area contributed by atoms with E-state index in [1.54, 1.807) is 0 Å². The Bertz CT molecular complexity index is 1960. The van der Waals surface area contributed by atoms with Crippen LogP contribution in [0.3, 0.4) is 0 Å². The van der Waals surface area contributed by atoms with Gasteiger partial charge in [0.2, 0.25) is 0 Å². The summed E-state index contributed by atoms with van der Waals surface area (Å²) in [5, 5.41) is 10.7. The largest absolute Gasteiger partial charge is 0.472 e. The van der Waals surface area contributed by atoms with Crippen molar-refractivity contribution in [2.45, 2.75) is 458 Å². The van der Waals surface area contributed by atoms with Crippen LogP contribution in [0.1, 0.15) is 440 Å². The molecule has 0 spiro atoms. The van der Waals surface area contributed by atoms with Crippen molar-refractivity contribution in [3.63, 3.8) is 0 Å². The lowest BCUT2D eigenvalue weighted by Crippen LogP contribution is -2.30. The molecular formula is C83H162O17P2. The summed E-state index contributed by atoms with van der Waals surface area (Å²) in [5.74, 6) is -0.569. The molecule has 0 aromatic rings. The Labute approximate surface area is 626 Å². The van der Waals surface area contributed by atoms with Gasteiger partial charge in [0, 0.05) is 25.7 Å². The van der Waals surface area contributed by atoms with E-state index in [0.717, 1.165) is 108 Å². The first kappa shape index (κ1) is 100. The molecule has 0 radical (unpaired) electrons. The predicted octanol–water partition coefficient (Wildman–Crippen LogP) is 25.1. The fourth-order valence-corrected chi connectivity index (χ4v) is 14.4. The van der Waals surface area contributed by atoms with Crippen LogP contribution in [-0.2, 0) is 65.4 Å². The fraction of sp³-hybridized carbons (Fsp3) is 0.952. The van der Waals surface area contributed by atoms with Crippen molar-refractivity contribution < 1.29 is 80.2 Å². The number of phosphoric ester groups is 2. The molecule has 6 atom stereocenters. The Morgan fingerprint density at radius 1 is 0.284 bits per heavy atom. The van der Waals surface area contributed by atoms with Crippen LogP contribution < -0.4 is 0 Å². The van der Waals surface area contributed by atoms with Gasteiger partial charge in [-0.3, -0.25) is 37.3 Å². The van der Waals surface area contributed by atoms with Crippen molar-refractivity contribution in [3.8, 4) is 0 Å². The monoisotopic (exact) mass is 1490 g/mol. The second-order valence-corrected chi connectivity index (χ2v) is 33.5. The molecule has 3 unspecified atom stereocenters. The van der Waals surface area contributed by atoms with Gasteiger partial charge in [-0.15, -0.1) is 0 Å². The highest BCUT2D eigenvalue weighted by Gasteiger charge is 2.30. The summed E-state index contributed by atoms with van der Waals surface area (Å²) in [4.78, 5) is 73.1. The summed E-state index contributed by atoms with van der Waals surface area (Å²) in [6, 6.07) is 0. The Balaban J connectivity index is 5.23. The van der Waals surface area contributed by atoms with E-state index in [0.29, 0.717) is 25.7 Å². The molecule has 0 aromatic heterocycles. The number of unbranched alkanes of at least 4 members (excludes halogenated alkanes) is 51. The van der Waals surface area contributed by atoms with Crippen LogP contribution >= 0.6 is 15.6 Å². The Morgan fingerprint density at radius 2 is 0.500 bits per heavy atom. The van der Waals surface area contributed by atoms with E-state index in [-0.39, 0.29) is 25.7 Å². The van der Waals surface area contributed by atoms with Gasteiger partial charge in [-0.2, -0.15) is 0 Å². The number of hydrogen-bond donors (Lipinski definition) is 3. The average Bonchev–Trinajstić information content (AvgIpc) is 0.915. The molecular weight excluding hydrogens is 1330 g/mol. The molecule has 0 bridgehead atoms. The number of carbonyl (C=O) groups is 4. The number of carbonyl (C=O) groups excluding carboxylic acids is 4. The first-order chi connectivity index (χ1) is 49.4. The summed E-state index contributed by atoms with van der Waals surface area (Å²) in [7, 11) is -9.92. The van der Waals surface area contributed by atoms with Crippen molar-refractivity contribution in [1.29, 1.82) is 0 Å². The SMILES string of the molecule is CCCCCCCCCCCCCCCCCCCCCCC(=O)O[C@H](COC(=O)CCCCCCCCCCCCCCCCCC(C)C)COP(=O)(O)OC[C@@H](O)COP(=O)(O)OC[C@@H](COC(=O)CCCCCCCCC(C)CC)OC(=O)CCCCCCCCCCCCCCCC. The van der Waals surface area contributed by atoms with Crippen LogP contribution in [-0.4, -0.2) is 96.7 Å². The summed E-state index contributed by atoms with van der Waals surface area (Å²) in [6.07, 6.45) is 65.3. The highest BCUT2D eigenvalue weighted by Crippen LogP contribution is 2.45. The van der Waals surface area contributed by atoms with E-state index >= 15 is 0 Å². The Morgan fingerprint density at radius 3 is 0.745 bits per heavy atom. The summed E-state index contributed by atoms with van der Waals surface area (Å²) in [5.41, 5.74) is 0. The topological polar surface area (TPSA) is 237 Å². The third kappa shape index (κ3) is 74.9. The van der Waals surface area contributed by atoms with E-state index in [1.165, 1.54) is 250 Å². The standard InChI is InChI=1S/C83H162O17P2/c1-7-10-12-14-16-18-20-22-24-25-26-27-28-31-36-40-44-48-56-62-68-82(87)99-78(71-93-80(85)65-59-53-46-42-38-35-32-29-30-33-37-41-45-51-57-63-75(4)5)73-97-101(89,90)95-69-77(84)70-96-102(91,92)98-74-79(72-94-81(86)66-60-54-50-49-52-58-64-76(6)9-3)100-83(88)67-61-55-47-43-39-34-23-21-19-17-15-13-11-8-2/h75-79,84H,7-74H2,1-6H3,(H,89,90)(H,91,92)/t76?,77-,78-,79-/m1/s1. The molecule has 3 N–H and O–H groups in total. The zero-order chi connectivity index (χ0) is 74.9.